The smallest absolute Gasteiger partial charge is 0.170 e. The summed E-state index contributed by atoms with van der Waals surface area (Å²) < 4.78 is 31.1. The van der Waals surface area contributed by atoms with Crippen LogP contribution in [0.2, 0.25) is 0 Å². The van der Waals surface area contributed by atoms with Crippen LogP contribution in [0.15, 0.2) is 102 Å². The Morgan fingerprint density at radius 1 is 0.833 bits per heavy atom. The molecule has 0 atom stereocenters. The number of ether oxygens (including phenoxy) is 4. The average molecular weight is 600 g/mol. The molecule has 0 N–H and O–H groups in total. The van der Waals surface area contributed by atoms with E-state index in [0.29, 0.717) is 30.5 Å². The van der Waals surface area contributed by atoms with E-state index >= 15 is 0 Å². The van der Waals surface area contributed by atoms with Gasteiger partial charge in [0.2, 0.25) is 0 Å². The Hall–Kier alpha value is -3.53. The topological polar surface area (TPSA) is 49.4 Å². The first-order chi connectivity index (χ1) is 20.7. The molecule has 216 valence electrons. The number of morpholine rings is 1. The van der Waals surface area contributed by atoms with E-state index in [-0.39, 0.29) is 0 Å². The summed E-state index contributed by atoms with van der Waals surface area (Å²) in [5.74, 6) is 2.69. The van der Waals surface area contributed by atoms with Gasteiger partial charge in [0.1, 0.15) is 18.1 Å². The van der Waals surface area contributed by atoms with Crippen LogP contribution in [0.3, 0.4) is 0 Å². The number of hydrogen-bond donors (Lipinski definition) is 0. The number of thiophene rings is 1. The van der Waals surface area contributed by atoms with Crippen molar-refractivity contribution in [1.29, 1.82) is 0 Å². The number of rotatable bonds is 12. The van der Waals surface area contributed by atoms with Crippen LogP contribution in [0, 0.1) is 0 Å². The van der Waals surface area contributed by atoms with Crippen molar-refractivity contribution in [3.63, 3.8) is 0 Å². The maximum atomic E-state index is 6.45. The molecule has 2 heterocycles. The Morgan fingerprint density at radius 3 is 2.40 bits per heavy atom. The number of methoxy groups -OCH3 is 1. The van der Waals surface area contributed by atoms with Crippen molar-refractivity contribution in [2.45, 2.75) is 11.5 Å². The highest BCUT2D eigenvalue weighted by Gasteiger charge is 2.18. The minimum atomic E-state index is 0.417. The maximum Gasteiger partial charge on any atom is 0.170 e. The molecule has 4 aromatic carbocycles. The summed E-state index contributed by atoms with van der Waals surface area (Å²) in [6.07, 6.45) is 0. The third-order valence-electron chi connectivity index (χ3n) is 7.00. The minimum Gasteiger partial charge on any atom is -0.496 e. The van der Waals surface area contributed by atoms with Gasteiger partial charge in [0.05, 0.1) is 26.9 Å². The number of nitrogens with zero attached hydrogens (tertiary/aromatic N) is 1. The summed E-state index contributed by atoms with van der Waals surface area (Å²) >= 11 is 3.12. The summed E-state index contributed by atoms with van der Waals surface area (Å²) in [4.78, 5) is 4.49. The molecule has 1 aromatic heterocycles. The molecule has 0 aliphatic carbocycles. The van der Waals surface area contributed by atoms with Gasteiger partial charge in [-0.25, -0.2) is 0 Å². The molecule has 6 nitrogen and oxygen atoms in total. The van der Waals surface area contributed by atoms with E-state index in [2.05, 4.69) is 35.2 Å². The summed E-state index contributed by atoms with van der Waals surface area (Å²) in [5, 5.41) is 1.20. The highest BCUT2D eigenvalue weighted by molar-refractivity contribution is 7.94. The Bertz CT molecular complexity index is 1550. The molecule has 1 aliphatic rings. The van der Waals surface area contributed by atoms with E-state index in [1.165, 1.54) is 22.1 Å². The normalized spacial score (nSPS) is 13.7. The first-order valence-electron chi connectivity index (χ1n) is 14.0. The van der Waals surface area contributed by atoms with E-state index in [4.69, 9.17) is 23.1 Å². The van der Waals surface area contributed by atoms with Gasteiger partial charge in [-0.2, -0.15) is 0 Å². The summed E-state index contributed by atoms with van der Waals surface area (Å²) in [5.41, 5.74) is 2.03. The van der Waals surface area contributed by atoms with Crippen molar-refractivity contribution in [3.8, 4) is 33.4 Å². The first-order valence-corrected chi connectivity index (χ1v) is 15.6. The maximum absolute atomic E-state index is 6.45. The monoisotopic (exact) mass is 599 g/mol. The van der Waals surface area contributed by atoms with Crippen molar-refractivity contribution in [3.05, 3.63) is 103 Å². The fourth-order valence-electron chi connectivity index (χ4n) is 4.74. The van der Waals surface area contributed by atoms with Crippen molar-refractivity contribution < 1.29 is 23.1 Å². The molecule has 0 radical (unpaired) electrons. The molecule has 42 heavy (non-hydrogen) atoms. The lowest BCUT2D eigenvalue weighted by Gasteiger charge is -2.26. The lowest BCUT2D eigenvalue weighted by Crippen LogP contribution is -2.38. The van der Waals surface area contributed by atoms with Crippen LogP contribution < -0.4 is 14.2 Å². The second-order valence-corrected chi connectivity index (χ2v) is 11.8. The van der Waals surface area contributed by atoms with Gasteiger partial charge in [0.25, 0.3) is 0 Å². The van der Waals surface area contributed by atoms with Crippen LogP contribution >= 0.6 is 23.4 Å². The molecule has 0 bridgehead atoms. The predicted octanol–water partition coefficient (Wildman–Crippen LogP) is 8.30. The zero-order valence-electron chi connectivity index (χ0n) is 23.5. The van der Waals surface area contributed by atoms with Gasteiger partial charge in [0, 0.05) is 57.8 Å². The Kier molecular flexibility index (Phi) is 9.59. The largest absolute Gasteiger partial charge is 0.496 e. The fraction of sp³-hybridized carbons (Fsp3) is 0.235. The van der Waals surface area contributed by atoms with E-state index in [0.717, 1.165) is 59.5 Å². The molecule has 0 amide bonds. The second-order valence-electron chi connectivity index (χ2n) is 9.85. The molecular formula is C34H33NO5S2. The van der Waals surface area contributed by atoms with Crippen molar-refractivity contribution >= 4 is 33.5 Å². The molecule has 1 saturated heterocycles. The van der Waals surface area contributed by atoms with Gasteiger partial charge in [-0.05, 0) is 53.4 Å². The first kappa shape index (κ1) is 28.6. The SMILES string of the molecule is COc1cc(OCc2ccccc2)c(Oc2ccc(SOCCN3CCOCC3)cc2)cc1-c1cc2ccccc2s1. The average Bonchev–Trinajstić information content (AvgIpc) is 3.48. The third-order valence-corrected chi connectivity index (χ3v) is 8.89. The summed E-state index contributed by atoms with van der Waals surface area (Å²) in [7, 11) is 1.69. The molecule has 0 spiro atoms. The van der Waals surface area contributed by atoms with Crippen LogP contribution in [-0.2, 0) is 15.5 Å². The van der Waals surface area contributed by atoms with Crippen molar-refractivity contribution in [2.24, 2.45) is 0 Å². The summed E-state index contributed by atoms with van der Waals surface area (Å²) in [6, 6.07) is 32.5. The van der Waals surface area contributed by atoms with Crippen LogP contribution in [0.25, 0.3) is 20.5 Å². The van der Waals surface area contributed by atoms with Crippen LogP contribution in [0.1, 0.15) is 5.56 Å². The highest BCUT2D eigenvalue weighted by atomic mass is 32.2. The molecule has 0 saturated carbocycles. The Morgan fingerprint density at radius 2 is 1.62 bits per heavy atom. The van der Waals surface area contributed by atoms with Crippen LogP contribution in [-0.4, -0.2) is 51.5 Å². The molecule has 1 aliphatic heterocycles. The van der Waals surface area contributed by atoms with Gasteiger partial charge in [-0.1, -0.05) is 48.5 Å². The summed E-state index contributed by atoms with van der Waals surface area (Å²) in [6.45, 7) is 5.52. The number of hydrogen-bond acceptors (Lipinski definition) is 8. The standard InChI is InChI=1S/C34H33NO5S2/c1-36-30-23-31(38-24-25-7-3-2-4-8-25)32(22-29(30)34-21-26-9-5-6-10-33(26)41-34)40-27-11-13-28(14-12-27)42-39-20-17-35-15-18-37-19-16-35/h2-14,21-23H,15-20,24H2,1H3. The molecule has 1 fully saturated rings. The van der Waals surface area contributed by atoms with Gasteiger partial charge in [0.15, 0.2) is 11.5 Å². The molecule has 0 unspecified atom stereocenters. The van der Waals surface area contributed by atoms with Gasteiger partial charge in [-0.15, -0.1) is 11.3 Å². The van der Waals surface area contributed by atoms with E-state index in [1.807, 2.05) is 66.7 Å². The Balaban J connectivity index is 1.20. The molecular weight excluding hydrogens is 567 g/mol. The third kappa shape index (κ3) is 7.27. The number of fused-ring (bicyclic) bond motifs is 1. The van der Waals surface area contributed by atoms with E-state index < -0.39 is 0 Å². The lowest BCUT2D eigenvalue weighted by atomic mass is 10.1. The number of benzene rings is 4. The van der Waals surface area contributed by atoms with Crippen molar-refractivity contribution in [2.75, 3.05) is 46.6 Å². The fourth-order valence-corrected chi connectivity index (χ4v) is 6.36. The van der Waals surface area contributed by atoms with E-state index in [9.17, 15) is 0 Å². The predicted molar refractivity (Wildman–Crippen MR) is 170 cm³/mol. The zero-order valence-corrected chi connectivity index (χ0v) is 25.1. The highest BCUT2D eigenvalue weighted by Crippen LogP contribution is 2.45. The van der Waals surface area contributed by atoms with Crippen LogP contribution in [0.5, 0.6) is 23.0 Å². The van der Waals surface area contributed by atoms with Gasteiger partial charge >= 0.3 is 0 Å². The van der Waals surface area contributed by atoms with Gasteiger partial charge in [-0.3, -0.25) is 4.90 Å². The lowest BCUT2D eigenvalue weighted by molar-refractivity contribution is 0.0333. The Labute approximate surface area is 254 Å². The molecule has 6 rings (SSSR count). The molecule has 5 aromatic rings. The zero-order chi connectivity index (χ0) is 28.6. The minimum absolute atomic E-state index is 0.417. The van der Waals surface area contributed by atoms with Crippen molar-refractivity contribution in [1.82, 2.24) is 4.90 Å². The van der Waals surface area contributed by atoms with Gasteiger partial charge < -0.3 is 23.1 Å². The second kappa shape index (κ2) is 14.1. The van der Waals surface area contributed by atoms with Crippen LogP contribution in [0.4, 0.5) is 0 Å². The quantitative estimate of drug-likeness (QED) is 0.106. The molecule has 8 heteroatoms. The van der Waals surface area contributed by atoms with E-state index in [1.54, 1.807) is 18.4 Å².